The molecular formula is C7H8ClNO. The summed E-state index contributed by atoms with van der Waals surface area (Å²) in [6.07, 6.45) is 3.61. The number of rotatable bonds is 1. The largest absolute Gasteiger partial charge is 0.315 e. The zero-order valence-electron chi connectivity index (χ0n) is 5.51. The first-order valence-corrected chi connectivity index (χ1v) is 3.91. The minimum Gasteiger partial charge on any atom is -0.315 e. The molecule has 0 spiro atoms. The maximum atomic E-state index is 10.8. The Kier molecular flexibility index (Phi) is 1.24. The Labute approximate surface area is 64.5 Å². The van der Waals surface area contributed by atoms with E-state index < -0.39 is 0 Å². The van der Waals surface area contributed by atoms with Crippen LogP contribution in [0.1, 0.15) is 12.8 Å². The summed E-state index contributed by atoms with van der Waals surface area (Å²) in [6.45, 7) is 0. The molecule has 2 rings (SSSR count). The zero-order chi connectivity index (χ0) is 7.14. The van der Waals surface area contributed by atoms with Crippen LogP contribution in [0.25, 0.3) is 0 Å². The lowest BCUT2D eigenvalue weighted by atomic mass is 10.0. The van der Waals surface area contributed by atoms with Crippen LogP contribution < -0.4 is 0 Å². The smallest absolute Gasteiger partial charge is 0.228 e. The highest BCUT2D eigenvalue weighted by molar-refractivity contribution is 6.19. The summed E-state index contributed by atoms with van der Waals surface area (Å²) in [4.78, 5) is 12.6. The fraction of sp³-hybridized carbons (Fsp3) is 0.571. The van der Waals surface area contributed by atoms with Crippen LogP contribution >= 0.6 is 11.6 Å². The Morgan fingerprint density at radius 3 is 3.00 bits per heavy atom. The molecular weight excluding hydrogens is 150 g/mol. The molecule has 2 aliphatic heterocycles. The van der Waals surface area contributed by atoms with Crippen LogP contribution in [0.4, 0.5) is 0 Å². The lowest BCUT2D eigenvalue weighted by molar-refractivity contribution is -0.140. The highest BCUT2D eigenvalue weighted by atomic mass is 35.5. The van der Waals surface area contributed by atoms with Crippen molar-refractivity contribution in [3.8, 4) is 0 Å². The van der Waals surface area contributed by atoms with Crippen molar-refractivity contribution in [2.24, 2.45) is 0 Å². The molecule has 1 atom stereocenters. The number of nitrogens with zero attached hydrogens (tertiary/aromatic N) is 1. The fourth-order valence-electron chi connectivity index (χ4n) is 1.49. The average Bonchev–Trinajstić information content (AvgIpc) is 2.26. The predicted octanol–water partition coefficient (Wildman–Crippen LogP) is 1.11. The molecule has 2 aliphatic rings. The number of β-lactam (4-membered cyclic amide) rings is 1. The molecule has 0 aromatic rings. The molecule has 2 nitrogen and oxygen atoms in total. The van der Waals surface area contributed by atoms with E-state index >= 15 is 0 Å². The van der Waals surface area contributed by atoms with Crippen molar-refractivity contribution < 1.29 is 4.79 Å². The standard InChI is InChI=1S/C7H8ClNO/c8-3-5-1-6-2-7(10)9(6)4-5/h4,6H,1-3H2. The molecule has 0 N–H and O–H groups in total. The van der Waals surface area contributed by atoms with E-state index in [1.54, 1.807) is 4.90 Å². The molecule has 0 radical (unpaired) electrons. The van der Waals surface area contributed by atoms with Gasteiger partial charge >= 0.3 is 0 Å². The van der Waals surface area contributed by atoms with Crippen LogP contribution in [0, 0.1) is 0 Å². The Morgan fingerprint density at radius 2 is 2.50 bits per heavy atom. The normalized spacial score (nSPS) is 29.7. The maximum Gasteiger partial charge on any atom is 0.228 e. The van der Waals surface area contributed by atoms with Crippen molar-refractivity contribution in [2.45, 2.75) is 18.9 Å². The van der Waals surface area contributed by atoms with Crippen molar-refractivity contribution in [1.82, 2.24) is 4.90 Å². The topological polar surface area (TPSA) is 20.3 Å². The summed E-state index contributed by atoms with van der Waals surface area (Å²) in [6, 6.07) is 0.459. The van der Waals surface area contributed by atoms with E-state index in [1.807, 2.05) is 6.20 Å². The van der Waals surface area contributed by atoms with Gasteiger partial charge in [-0.05, 0) is 12.0 Å². The zero-order valence-corrected chi connectivity index (χ0v) is 6.27. The second-order valence-electron chi connectivity index (χ2n) is 2.78. The number of amides is 1. The summed E-state index contributed by atoms with van der Waals surface area (Å²) in [5.41, 5.74) is 1.19. The summed E-state index contributed by atoms with van der Waals surface area (Å²) < 4.78 is 0. The summed E-state index contributed by atoms with van der Waals surface area (Å²) in [5.74, 6) is 0.811. The molecule has 2 heterocycles. The number of carbonyl (C=O) groups excluding carboxylic acids is 1. The van der Waals surface area contributed by atoms with Gasteiger partial charge in [0.15, 0.2) is 0 Å². The first kappa shape index (κ1) is 6.23. The second-order valence-corrected chi connectivity index (χ2v) is 3.05. The van der Waals surface area contributed by atoms with Gasteiger partial charge in [0.05, 0.1) is 0 Å². The van der Waals surface area contributed by atoms with Gasteiger partial charge in [-0.1, -0.05) is 0 Å². The lowest BCUT2D eigenvalue weighted by Gasteiger charge is -2.32. The van der Waals surface area contributed by atoms with Crippen molar-refractivity contribution in [3.63, 3.8) is 0 Å². The Morgan fingerprint density at radius 1 is 1.70 bits per heavy atom. The van der Waals surface area contributed by atoms with Crippen LogP contribution in [-0.2, 0) is 4.79 Å². The Hall–Kier alpha value is -0.500. The Bertz CT molecular complexity index is 212. The van der Waals surface area contributed by atoms with E-state index in [9.17, 15) is 4.79 Å². The molecule has 1 fully saturated rings. The van der Waals surface area contributed by atoms with E-state index in [2.05, 4.69) is 0 Å². The molecule has 0 saturated carbocycles. The third-order valence-corrected chi connectivity index (χ3v) is 2.43. The molecule has 0 aromatic carbocycles. The first-order chi connectivity index (χ1) is 4.81. The van der Waals surface area contributed by atoms with Gasteiger partial charge in [-0.3, -0.25) is 4.79 Å². The van der Waals surface area contributed by atoms with Crippen LogP contribution in [0.3, 0.4) is 0 Å². The SMILES string of the molecule is O=C1CC2CC(CCl)=CN12. The van der Waals surface area contributed by atoms with Crippen molar-refractivity contribution in [1.29, 1.82) is 0 Å². The molecule has 3 heteroatoms. The van der Waals surface area contributed by atoms with E-state index in [0.29, 0.717) is 11.9 Å². The summed E-state index contributed by atoms with van der Waals surface area (Å²) >= 11 is 5.61. The van der Waals surface area contributed by atoms with E-state index in [-0.39, 0.29) is 5.91 Å². The maximum absolute atomic E-state index is 10.8. The second kappa shape index (κ2) is 1.99. The lowest BCUT2D eigenvalue weighted by Crippen LogP contribution is -2.45. The van der Waals surface area contributed by atoms with Crippen molar-refractivity contribution >= 4 is 17.5 Å². The first-order valence-electron chi connectivity index (χ1n) is 3.38. The van der Waals surface area contributed by atoms with Gasteiger partial charge in [-0.2, -0.15) is 0 Å². The quantitative estimate of drug-likeness (QED) is 0.413. The molecule has 1 amide bonds. The fourth-order valence-corrected chi connectivity index (χ4v) is 1.66. The highest BCUT2D eigenvalue weighted by Gasteiger charge is 2.38. The molecule has 1 saturated heterocycles. The van der Waals surface area contributed by atoms with Gasteiger partial charge in [-0.15, -0.1) is 11.6 Å². The highest BCUT2D eigenvalue weighted by Crippen LogP contribution is 2.32. The van der Waals surface area contributed by atoms with Crippen molar-refractivity contribution in [2.75, 3.05) is 5.88 Å². The number of fused-ring (bicyclic) bond motifs is 1. The van der Waals surface area contributed by atoms with E-state index in [1.165, 1.54) is 5.57 Å². The minimum atomic E-state index is 0.241. The molecule has 1 unspecified atom stereocenters. The van der Waals surface area contributed by atoms with Crippen LogP contribution in [0.15, 0.2) is 11.8 Å². The predicted molar refractivity (Wildman–Crippen MR) is 38.7 cm³/mol. The third-order valence-electron chi connectivity index (χ3n) is 2.08. The van der Waals surface area contributed by atoms with Gasteiger partial charge in [0, 0.05) is 24.5 Å². The summed E-state index contributed by atoms with van der Waals surface area (Å²) in [7, 11) is 0. The number of halogens is 1. The number of carbonyl (C=O) groups is 1. The monoisotopic (exact) mass is 157 g/mol. The van der Waals surface area contributed by atoms with Crippen molar-refractivity contribution in [3.05, 3.63) is 11.8 Å². The molecule has 0 aromatic heterocycles. The third kappa shape index (κ3) is 0.686. The van der Waals surface area contributed by atoms with Crippen LogP contribution in [-0.4, -0.2) is 22.7 Å². The molecule has 54 valence electrons. The number of alkyl halides is 1. The van der Waals surface area contributed by atoms with Crippen LogP contribution in [0.2, 0.25) is 0 Å². The molecule has 0 bridgehead atoms. The van der Waals surface area contributed by atoms with Gasteiger partial charge in [0.2, 0.25) is 5.91 Å². The van der Waals surface area contributed by atoms with Gasteiger partial charge in [-0.25, -0.2) is 0 Å². The number of hydrogen-bond acceptors (Lipinski definition) is 1. The van der Waals surface area contributed by atoms with Crippen LogP contribution in [0.5, 0.6) is 0 Å². The van der Waals surface area contributed by atoms with Gasteiger partial charge in [0.25, 0.3) is 0 Å². The van der Waals surface area contributed by atoms with Gasteiger partial charge in [0.1, 0.15) is 0 Å². The van der Waals surface area contributed by atoms with E-state index in [0.717, 1.165) is 12.8 Å². The van der Waals surface area contributed by atoms with Gasteiger partial charge < -0.3 is 4.90 Å². The average molecular weight is 158 g/mol. The molecule has 0 aliphatic carbocycles. The minimum absolute atomic E-state index is 0.241. The molecule has 10 heavy (non-hydrogen) atoms. The summed E-state index contributed by atoms with van der Waals surface area (Å²) in [5, 5.41) is 0. The van der Waals surface area contributed by atoms with E-state index in [4.69, 9.17) is 11.6 Å². The Balaban J connectivity index is 2.12. The number of hydrogen-bond donors (Lipinski definition) is 0.